The molecule has 0 amide bonds. The predicted molar refractivity (Wildman–Crippen MR) is 97.3 cm³/mol. The van der Waals surface area contributed by atoms with Gasteiger partial charge in [-0.2, -0.15) is 17.0 Å². The molecule has 0 saturated carbocycles. The van der Waals surface area contributed by atoms with Gasteiger partial charge in [-0.15, -0.1) is 0 Å². The van der Waals surface area contributed by atoms with Gasteiger partial charge in [0.1, 0.15) is 5.82 Å². The molecule has 8 heteroatoms. The first kappa shape index (κ1) is 18.0. The van der Waals surface area contributed by atoms with E-state index in [-0.39, 0.29) is 5.92 Å². The van der Waals surface area contributed by atoms with Crippen LogP contribution in [0.3, 0.4) is 0 Å². The van der Waals surface area contributed by atoms with Gasteiger partial charge in [0.25, 0.3) is 10.2 Å². The van der Waals surface area contributed by atoms with E-state index in [9.17, 15) is 8.42 Å². The van der Waals surface area contributed by atoms with Gasteiger partial charge in [-0.25, -0.2) is 4.98 Å². The molecule has 1 aliphatic rings. The van der Waals surface area contributed by atoms with Crippen LogP contribution in [0.1, 0.15) is 30.3 Å². The summed E-state index contributed by atoms with van der Waals surface area (Å²) in [6.45, 7) is 3.00. The van der Waals surface area contributed by atoms with Crippen LogP contribution in [0.15, 0.2) is 24.4 Å². The lowest BCUT2D eigenvalue weighted by atomic mass is 9.95. The van der Waals surface area contributed by atoms with E-state index in [0.717, 1.165) is 35.7 Å². The number of hydrogen-bond acceptors (Lipinski definition) is 4. The van der Waals surface area contributed by atoms with Crippen molar-refractivity contribution in [1.29, 1.82) is 0 Å². The Labute approximate surface area is 149 Å². The fourth-order valence-electron chi connectivity index (χ4n) is 3.19. The number of imidazole rings is 1. The Kier molecular flexibility index (Phi) is 4.95. The van der Waals surface area contributed by atoms with E-state index in [1.807, 2.05) is 42.9 Å². The number of piperidine rings is 1. The third-order valence-corrected chi connectivity index (χ3v) is 6.75. The highest BCUT2D eigenvalue weighted by molar-refractivity contribution is 7.86. The lowest BCUT2D eigenvalue weighted by Crippen LogP contribution is -2.45. The van der Waals surface area contributed by atoms with Crippen molar-refractivity contribution in [1.82, 2.24) is 23.1 Å². The summed E-state index contributed by atoms with van der Waals surface area (Å²) in [6, 6.07) is 5.94. The topological polar surface area (TPSA) is 71.3 Å². The summed E-state index contributed by atoms with van der Waals surface area (Å²) in [4.78, 5) is 9.13. The number of nitrogens with zero attached hydrogens (tertiary/aromatic N) is 5. The van der Waals surface area contributed by atoms with Crippen molar-refractivity contribution in [3.63, 3.8) is 0 Å². The molecule has 0 spiro atoms. The Morgan fingerprint density at radius 2 is 2.04 bits per heavy atom. The Hall–Kier alpha value is -1.77. The zero-order chi connectivity index (χ0) is 18.2. The Morgan fingerprint density at radius 1 is 1.28 bits per heavy atom. The van der Waals surface area contributed by atoms with Gasteiger partial charge in [0.2, 0.25) is 0 Å². The highest BCUT2D eigenvalue weighted by atomic mass is 32.2. The minimum atomic E-state index is -3.38. The second-order valence-electron chi connectivity index (χ2n) is 6.68. The van der Waals surface area contributed by atoms with Gasteiger partial charge in [0.05, 0.1) is 17.6 Å². The Bertz CT molecular complexity index is 860. The summed E-state index contributed by atoms with van der Waals surface area (Å²) in [7, 11) is 1.73. The third kappa shape index (κ3) is 3.47. The van der Waals surface area contributed by atoms with E-state index >= 15 is 0 Å². The van der Waals surface area contributed by atoms with E-state index in [1.54, 1.807) is 18.4 Å². The highest BCUT2D eigenvalue weighted by Crippen LogP contribution is 2.29. The van der Waals surface area contributed by atoms with Gasteiger partial charge in [-0.05, 0) is 31.9 Å². The number of aryl methyl sites for hydroxylation is 1. The van der Waals surface area contributed by atoms with Crippen molar-refractivity contribution in [2.75, 3.05) is 27.2 Å². The Balaban J connectivity index is 1.87. The standard InChI is InChI=1S/C17H25N5O2S/c1-13-18-11-17(21(13)4)16-9-5-8-15(19-16)14-7-6-10-22(12-14)25(23,24)20(2)3/h5,8-9,11,14H,6-7,10,12H2,1-4H3/t14-/m0/s1. The maximum Gasteiger partial charge on any atom is 0.281 e. The average molecular weight is 363 g/mol. The molecule has 0 aliphatic carbocycles. The maximum atomic E-state index is 12.4. The van der Waals surface area contributed by atoms with Crippen LogP contribution in [0.25, 0.3) is 11.4 Å². The van der Waals surface area contributed by atoms with Crippen molar-refractivity contribution in [3.8, 4) is 11.4 Å². The molecule has 0 bridgehead atoms. The lowest BCUT2D eigenvalue weighted by molar-refractivity contribution is 0.296. The normalized spacial score (nSPS) is 19.5. The van der Waals surface area contributed by atoms with E-state index < -0.39 is 10.2 Å². The lowest BCUT2D eigenvalue weighted by Gasteiger charge is -2.33. The van der Waals surface area contributed by atoms with Crippen LogP contribution in [-0.4, -0.2) is 58.7 Å². The van der Waals surface area contributed by atoms with Crippen molar-refractivity contribution in [3.05, 3.63) is 35.9 Å². The molecule has 0 unspecified atom stereocenters. The number of pyridine rings is 1. The van der Waals surface area contributed by atoms with Crippen molar-refractivity contribution < 1.29 is 8.42 Å². The van der Waals surface area contributed by atoms with Crippen LogP contribution in [0.5, 0.6) is 0 Å². The minimum absolute atomic E-state index is 0.109. The number of rotatable bonds is 4. The fourth-order valence-corrected chi connectivity index (χ4v) is 4.38. The average Bonchev–Trinajstić information content (AvgIpc) is 2.94. The molecule has 0 radical (unpaired) electrons. The third-order valence-electron chi connectivity index (χ3n) is 4.84. The molecule has 7 nitrogen and oxygen atoms in total. The second-order valence-corrected chi connectivity index (χ2v) is 8.83. The SMILES string of the molecule is Cc1ncc(-c2cccc([C@H]3CCCN(S(=O)(=O)N(C)C)C3)n2)n1C. The fraction of sp³-hybridized carbons (Fsp3) is 0.529. The summed E-state index contributed by atoms with van der Waals surface area (Å²) >= 11 is 0. The van der Waals surface area contributed by atoms with Crippen molar-refractivity contribution in [2.24, 2.45) is 7.05 Å². The molecule has 0 aromatic carbocycles. The Morgan fingerprint density at radius 3 is 2.68 bits per heavy atom. The molecule has 25 heavy (non-hydrogen) atoms. The van der Waals surface area contributed by atoms with Gasteiger partial charge in [0, 0.05) is 45.8 Å². The van der Waals surface area contributed by atoms with Gasteiger partial charge in [0.15, 0.2) is 0 Å². The minimum Gasteiger partial charge on any atom is -0.330 e. The summed E-state index contributed by atoms with van der Waals surface area (Å²) in [5.74, 6) is 1.04. The van der Waals surface area contributed by atoms with Gasteiger partial charge in [-0.3, -0.25) is 4.98 Å². The second kappa shape index (κ2) is 6.86. The molecule has 1 atom stereocenters. The quantitative estimate of drug-likeness (QED) is 0.830. The number of hydrogen-bond donors (Lipinski definition) is 0. The van der Waals surface area contributed by atoms with E-state index in [1.165, 1.54) is 4.31 Å². The first-order valence-electron chi connectivity index (χ1n) is 8.44. The molecule has 1 aliphatic heterocycles. The summed E-state index contributed by atoms with van der Waals surface area (Å²) in [5, 5.41) is 0. The van der Waals surface area contributed by atoms with E-state index in [4.69, 9.17) is 4.98 Å². The van der Waals surface area contributed by atoms with Gasteiger partial charge >= 0.3 is 0 Å². The highest BCUT2D eigenvalue weighted by Gasteiger charge is 2.31. The maximum absolute atomic E-state index is 12.4. The van der Waals surface area contributed by atoms with Crippen LogP contribution in [-0.2, 0) is 17.3 Å². The molecule has 1 saturated heterocycles. The molecule has 2 aromatic rings. The molecule has 1 fully saturated rings. The number of aromatic nitrogens is 3. The van der Waals surface area contributed by atoms with Crippen molar-refractivity contribution >= 4 is 10.2 Å². The van der Waals surface area contributed by atoms with E-state index in [2.05, 4.69) is 4.98 Å². The molecule has 0 N–H and O–H groups in total. The first-order valence-corrected chi connectivity index (χ1v) is 9.83. The largest absolute Gasteiger partial charge is 0.330 e. The summed E-state index contributed by atoms with van der Waals surface area (Å²) in [6.07, 6.45) is 3.61. The molecular weight excluding hydrogens is 338 g/mol. The molecule has 2 aromatic heterocycles. The van der Waals surface area contributed by atoms with Crippen LogP contribution >= 0.6 is 0 Å². The van der Waals surface area contributed by atoms with Crippen LogP contribution in [0.2, 0.25) is 0 Å². The van der Waals surface area contributed by atoms with Crippen LogP contribution in [0, 0.1) is 6.92 Å². The zero-order valence-electron chi connectivity index (χ0n) is 15.2. The van der Waals surface area contributed by atoms with Crippen LogP contribution in [0.4, 0.5) is 0 Å². The molecule has 136 valence electrons. The predicted octanol–water partition coefficient (Wildman–Crippen LogP) is 1.78. The smallest absolute Gasteiger partial charge is 0.281 e. The van der Waals surface area contributed by atoms with Gasteiger partial charge in [-0.1, -0.05) is 6.07 Å². The van der Waals surface area contributed by atoms with Crippen molar-refractivity contribution in [2.45, 2.75) is 25.7 Å². The monoisotopic (exact) mass is 363 g/mol. The molecule has 3 heterocycles. The molecule has 3 rings (SSSR count). The first-order chi connectivity index (χ1) is 11.8. The summed E-state index contributed by atoms with van der Waals surface area (Å²) < 4.78 is 29.7. The van der Waals surface area contributed by atoms with Gasteiger partial charge < -0.3 is 4.57 Å². The summed E-state index contributed by atoms with van der Waals surface area (Å²) in [5.41, 5.74) is 2.77. The molecular formula is C17H25N5O2S. The zero-order valence-corrected chi connectivity index (χ0v) is 16.0. The van der Waals surface area contributed by atoms with Crippen LogP contribution < -0.4 is 0 Å². The van der Waals surface area contributed by atoms with E-state index in [0.29, 0.717) is 13.1 Å².